The summed E-state index contributed by atoms with van der Waals surface area (Å²) in [6, 6.07) is 1.37. The van der Waals surface area contributed by atoms with Gasteiger partial charge in [-0.25, -0.2) is 0 Å². The van der Waals surface area contributed by atoms with E-state index in [1.807, 2.05) is 0 Å². The van der Waals surface area contributed by atoms with E-state index in [-0.39, 0.29) is 5.91 Å². The number of nitrogens with one attached hydrogen (secondary N) is 2. The molecule has 2 unspecified atom stereocenters. The van der Waals surface area contributed by atoms with Crippen molar-refractivity contribution in [3.8, 4) is 0 Å². The number of amides is 1. The second-order valence-electron chi connectivity index (χ2n) is 7.31. The van der Waals surface area contributed by atoms with E-state index in [1.165, 1.54) is 38.8 Å². The Morgan fingerprint density at radius 2 is 1.73 bits per heavy atom. The Hall–Kier alpha value is -0.650. The van der Waals surface area contributed by atoms with Gasteiger partial charge in [-0.3, -0.25) is 9.69 Å². The number of piperazine rings is 1. The van der Waals surface area contributed by atoms with Gasteiger partial charge in [0.2, 0.25) is 5.91 Å². The quantitative estimate of drug-likeness (QED) is 0.757. The van der Waals surface area contributed by atoms with E-state index in [1.54, 1.807) is 0 Å². The topological polar surface area (TPSA) is 47.6 Å². The zero-order chi connectivity index (χ0) is 15.4. The number of hydrogen-bond acceptors (Lipinski definition) is 4. The van der Waals surface area contributed by atoms with Crippen molar-refractivity contribution in [1.82, 2.24) is 20.4 Å². The molecule has 3 aliphatic rings. The summed E-state index contributed by atoms with van der Waals surface area (Å²) in [6.45, 7) is 9.81. The summed E-state index contributed by atoms with van der Waals surface area (Å²) in [4.78, 5) is 17.1. The summed E-state index contributed by atoms with van der Waals surface area (Å²) < 4.78 is 0. The Morgan fingerprint density at radius 3 is 2.36 bits per heavy atom. The fourth-order valence-corrected chi connectivity index (χ4v) is 4.36. The Labute approximate surface area is 134 Å². The van der Waals surface area contributed by atoms with Gasteiger partial charge >= 0.3 is 0 Å². The first-order valence-corrected chi connectivity index (χ1v) is 9.20. The fraction of sp³-hybridized carbons (Fsp3) is 0.941. The average molecular weight is 308 g/mol. The minimum Gasteiger partial charge on any atom is -0.355 e. The van der Waals surface area contributed by atoms with E-state index < -0.39 is 0 Å². The van der Waals surface area contributed by atoms with E-state index in [4.69, 9.17) is 0 Å². The van der Waals surface area contributed by atoms with Crippen LogP contribution >= 0.6 is 0 Å². The van der Waals surface area contributed by atoms with Gasteiger partial charge in [0.05, 0.1) is 0 Å². The molecule has 126 valence electrons. The monoisotopic (exact) mass is 308 g/mol. The summed E-state index contributed by atoms with van der Waals surface area (Å²) in [7, 11) is 0. The molecular weight excluding hydrogens is 276 g/mol. The number of rotatable bonds is 6. The van der Waals surface area contributed by atoms with Gasteiger partial charge in [-0.2, -0.15) is 0 Å². The molecule has 0 aromatic rings. The molecule has 3 saturated heterocycles. The number of carbonyl (C=O) groups is 1. The first kappa shape index (κ1) is 16.2. The Morgan fingerprint density at radius 1 is 1.09 bits per heavy atom. The van der Waals surface area contributed by atoms with E-state index in [0.717, 1.165) is 39.1 Å². The minimum atomic E-state index is 0.262. The maximum atomic E-state index is 12.1. The Balaban J connectivity index is 1.28. The van der Waals surface area contributed by atoms with Gasteiger partial charge in [-0.15, -0.1) is 0 Å². The third kappa shape index (κ3) is 4.43. The molecule has 0 aromatic heterocycles. The number of likely N-dealkylation sites (N-methyl/N-ethyl adjacent to an activating group) is 1. The molecule has 3 rings (SSSR count). The molecule has 0 aliphatic carbocycles. The van der Waals surface area contributed by atoms with Gasteiger partial charge in [-0.05, 0) is 38.1 Å². The zero-order valence-corrected chi connectivity index (χ0v) is 14.0. The standard InChI is InChI=1S/C17H32N4O/c1-2-20-7-9-21(10-8-20)6-5-18-17(22)13-14-11-15-3-4-16(12-14)19-15/h14-16,19H,2-13H2,1H3,(H,18,22). The lowest BCUT2D eigenvalue weighted by molar-refractivity contribution is -0.122. The first-order chi connectivity index (χ1) is 10.7. The number of piperidine rings is 1. The summed E-state index contributed by atoms with van der Waals surface area (Å²) in [5.41, 5.74) is 0. The van der Waals surface area contributed by atoms with E-state index in [2.05, 4.69) is 27.4 Å². The maximum absolute atomic E-state index is 12.1. The summed E-state index contributed by atoms with van der Waals surface area (Å²) in [5, 5.41) is 6.78. The summed E-state index contributed by atoms with van der Waals surface area (Å²) in [6.07, 6.45) is 5.75. The van der Waals surface area contributed by atoms with Crippen molar-refractivity contribution in [3.63, 3.8) is 0 Å². The van der Waals surface area contributed by atoms with Gasteiger partial charge < -0.3 is 15.5 Å². The Bertz CT molecular complexity index is 356. The van der Waals surface area contributed by atoms with Crippen molar-refractivity contribution < 1.29 is 4.79 Å². The van der Waals surface area contributed by atoms with Gasteiger partial charge in [0, 0.05) is 57.8 Å². The van der Waals surface area contributed by atoms with Crippen LogP contribution in [0.5, 0.6) is 0 Å². The molecule has 0 spiro atoms. The lowest BCUT2D eigenvalue weighted by Gasteiger charge is -2.34. The predicted octanol–water partition coefficient (Wildman–Crippen LogP) is 0.661. The van der Waals surface area contributed by atoms with Crippen molar-refractivity contribution in [3.05, 3.63) is 0 Å². The second-order valence-corrected chi connectivity index (χ2v) is 7.31. The first-order valence-electron chi connectivity index (χ1n) is 9.20. The number of carbonyl (C=O) groups excluding carboxylic acids is 1. The number of fused-ring (bicyclic) bond motifs is 2. The largest absolute Gasteiger partial charge is 0.355 e. The van der Waals surface area contributed by atoms with Crippen molar-refractivity contribution in [2.45, 2.75) is 51.1 Å². The van der Waals surface area contributed by atoms with E-state index in [9.17, 15) is 4.79 Å². The van der Waals surface area contributed by atoms with Crippen molar-refractivity contribution >= 4 is 5.91 Å². The van der Waals surface area contributed by atoms with E-state index >= 15 is 0 Å². The van der Waals surface area contributed by atoms with Crippen LogP contribution in [-0.2, 0) is 4.79 Å². The molecule has 3 fully saturated rings. The van der Waals surface area contributed by atoms with Crippen LogP contribution in [0.4, 0.5) is 0 Å². The number of nitrogens with zero attached hydrogens (tertiary/aromatic N) is 2. The molecule has 0 radical (unpaired) electrons. The highest BCUT2D eigenvalue weighted by Gasteiger charge is 2.34. The van der Waals surface area contributed by atoms with Crippen molar-refractivity contribution in [2.75, 3.05) is 45.8 Å². The highest BCUT2D eigenvalue weighted by molar-refractivity contribution is 5.76. The van der Waals surface area contributed by atoms with Crippen LogP contribution in [0, 0.1) is 5.92 Å². The predicted molar refractivity (Wildman–Crippen MR) is 88.9 cm³/mol. The van der Waals surface area contributed by atoms with Crippen LogP contribution in [0.25, 0.3) is 0 Å². The lowest BCUT2D eigenvalue weighted by atomic mass is 9.89. The van der Waals surface area contributed by atoms with Crippen molar-refractivity contribution in [1.29, 1.82) is 0 Å². The van der Waals surface area contributed by atoms with E-state index in [0.29, 0.717) is 18.0 Å². The smallest absolute Gasteiger partial charge is 0.220 e. The molecule has 2 N–H and O–H groups in total. The van der Waals surface area contributed by atoms with Gasteiger partial charge in [0.1, 0.15) is 0 Å². The van der Waals surface area contributed by atoms with Crippen molar-refractivity contribution in [2.24, 2.45) is 5.92 Å². The van der Waals surface area contributed by atoms with Crippen LogP contribution < -0.4 is 10.6 Å². The number of hydrogen-bond donors (Lipinski definition) is 2. The van der Waals surface area contributed by atoms with Gasteiger partial charge in [0.15, 0.2) is 0 Å². The molecule has 0 aromatic carbocycles. The van der Waals surface area contributed by atoms with Gasteiger partial charge in [0.25, 0.3) is 0 Å². The van der Waals surface area contributed by atoms with Crippen LogP contribution in [0.2, 0.25) is 0 Å². The molecule has 1 amide bonds. The highest BCUT2D eigenvalue weighted by atomic mass is 16.1. The highest BCUT2D eigenvalue weighted by Crippen LogP contribution is 2.32. The molecule has 3 aliphatic heterocycles. The third-order valence-electron chi connectivity index (χ3n) is 5.71. The molecule has 3 heterocycles. The molecule has 2 bridgehead atoms. The SMILES string of the molecule is CCN1CCN(CCNC(=O)CC2CC3CCC(C2)N3)CC1. The molecule has 5 nitrogen and oxygen atoms in total. The summed E-state index contributed by atoms with van der Waals surface area (Å²) in [5.74, 6) is 0.866. The summed E-state index contributed by atoms with van der Waals surface area (Å²) >= 11 is 0. The third-order valence-corrected chi connectivity index (χ3v) is 5.71. The zero-order valence-electron chi connectivity index (χ0n) is 14.0. The molecule has 0 saturated carbocycles. The molecular formula is C17H32N4O. The molecule has 5 heteroatoms. The van der Waals surface area contributed by atoms with Crippen LogP contribution in [0.15, 0.2) is 0 Å². The second kappa shape index (κ2) is 7.75. The lowest BCUT2D eigenvalue weighted by Crippen LogP contribution is -2.48. The molecule has 2 atom stereocenters. The van der Waals surface area contributed by atoms with Crippen LogP contribution in [-0.4, -0.2) is 73.6 Å². The fourth-order valence-electron chi connectivity index (χ4n) is 4.36. The Kier molecular flexibility index (Phi) is 5.71. The maximum Gasteiger partial charge on any atom is 0.220 e. The minimum absolute atomic E-state index is 0.262. The van der Waals surface area contributed by atoms with Crippen LogP contribution in [0.1, 0.15) is 39.0 Å². The average Bonchev–Trinajstić information content (AvgIpc) is 2.87. The molecule has 22 heavy (non-hydrogen) atoms. The normalized spacial score (nSPS) is 33.0. The van der Waals surface area contributed by atoms with Crippen LogP contribution in [0.3, 0.4) is 0 Å². The van der Waals surface area contributed by atoms with Gasteiger partial charge in [-0.1, -0.05) is 6.92 Å².